The molecule has 1 rings (SSSR count). The summed E-state index contributed by atoms with van der Waals surface area (Å²) in [6, 6.07) is 0.938. The quantitative estimate of drug-likeness (QED) is 0.776. The zero-order valence-corrected chi connectivity index (χ0v) is 8.69. The standard InChI is InChI=1S/C8H5Cl2FN2O2/c9-3-1-2(7(12)14)6(11)4(5(3)10)8(13)15/h1H,(H2,12,14)(H2,13,15). The topological polar surface area (TPSA) is 86.2 Å². The van der Waals surface area contributed by atoms with Crippen molar-refractivity contribution in [1.82, 2.24) is 0 Å². The van der Waals surface area contributed by atoms with Crippen LogP contribution in [0.3, 0.4) is 0 Å². The van der Waals surface area contributed by atoms with E-state index in [-0.39, 0.29) is 10.0 Å². The lowest BCUT2D eigenvalue weighted by Crippen LogP contribution is -2.19. The first kappa shape index (κ1) is 11.7. The van der Waals surface area contributed by atoms with Gasteiger partial charge in [0.25, 0.3) is 11.8 Å². The minimum absolute atomic E-state index is 0.166. The molecule has 2 amide bonds. The number of amides is 2. The molecule has 0 saturated carbocycles. The monoisotopic (exact) mass is 250 g/mol. The van der Waals surface area contributed by atoms with Crippen LogP contribution in [0.4, 0.5) is 4.39 Å². The first-order valence-corrected chi connectivity index (χ1v) is 4.39. The second-order valence-corrected chi connectivity index (χ2v) is 3.42. The predicted octanol–water partition coefficient (Wildman–Crippen LogP) is 1.33. The van der Waals surface area contributed by atoms with Gasteiger partial charge in [-0.3, -0.25) is 9.59 Å². The number of hydrogen-bond donors (Lipinski definition) is 2. The van der Waals surface area contributed by atoms with Crippen LogP contribution in [0.15, 0.2) is 6.07 Å². The van der Waals surface area contributed by atoms with E-state index in [9.17, 15) is 14.0 Å². The van der Waals surface area contributed by atoms with Crippen molar-refractivity contribution in [3.8, 4) is 0 Å². The summed E-state index contributed by atoms with van der Waals surface area (Å²) in [5.74, 6) is -3.35. The molecule has 0 unspecified atom stereocenters. The molecular weight excluding hydrogens is 246 g/mol. The van der Waals surface area contributed by atoms with Crippen LogP contribution in [-0.2, 0) is 0 Å². The summed E-state index contributed by atoms with van der Waals surface area (Å²) in [5.41, 5.74) is 8.58. The second-order valence-electron chi connectivity index (χ2n) is 2.64. The van der Waals surface area contributed by atoms with Crippen LogP contribution in [0.1, 0.15) is 20.7 Å². The Kier molecular flexibility index (Phi) is 3.16. The number of halogens is 3. The van der Waals surface area contributed by atoms with Crippen LogP contribution in [0.2, 0.25) is 10.0 Å². The van der Waals surface area contributed by atoms with Gasteiger partial charge in [0.05, 0.1) is 21.2 Å². The molecule has 0 fully saturated rings. The molecule has 0 aliphatic rings. The lowest BCUT2D eigenvalue weighted by atomic mass is 10.1. The fourth-order valence-corrected chi connectivity index (χ4v) is 1.43. The Morgan fingerprint density at radius 2 is 1.73 bits per heavy atom. The van der Waals surface area contributed by atoms with E-state index in [0.717, 1.165) is 6.07 Å². The number of nitrogens with two attached hydrogens (primary N) is 2. The van der Waals surface area contributed by atoms with Crippen molar-refractivity contribution in [2.45, 2.75) is 0 Å². The zero-order chi connectivity index (χ0) is 11.7. The molecule has 1 aromatic carbocycles. The van der Waals surface area contributed by atoms with Crippen LogP contribution in [-0.4, -0.2) is 11.8 Å². The van der Waals surface area contributed by atoms with Crippen molar-refractivity contribution in [3.63, 3.8) is 0 Å². The summed E-state index contributed by atoms with van der Waals surface area (Å²) in [6.45, 7) is 0. The molecule has 0 spiro atoms. The maximum atomic E-state index is 13.5. The number of carbonyl (C=O) groups excluding carboxylic acids is 2. The summed E-state index contributed by atoms with van der Waals surface area (Å²) >= 11 is 11.1. The van der Waals surface area contributed by atoms with Crippen LogP contribution in [0.25, 0.3) is 0 Å². The van der Waals surface area contributed by atoms with E-state index >= 15 is 0 Å². The molecule has 0 radical (unpaired) electrons. The van der Waals surface area contributed by atoms with E-state index in [1.807, 2.05) is 0 Å². The minimum Gasteiger partial charge on any atom is -0.366 e. The van der Waals surface area contributed by atoms with Gasteiger partial charge in [-0.2, -0.15) is 0 Å². The zero-order valence-electron chi connectivity index (χ0n) is 7.18. The highest BCUT2D eigenvalue weighted by Gasteiger charge is 2.22. The molecule has 4 nitrogen and oxygen atoms in total. The number of rotatable bonds is 2. The first-order chi connectivity index (χ1) is 6.86. The third kappa shape index (κ3) is 2.03. The summed E-state index contributed by atoms with van der Waals surface area (Å²) in [7, 11) is 0. The van der Waals surface area contributed by atoms with Gasteiger partial charge in [0.1, 0.15) is 5.82 Å². The molecular formula is C8H5Cl2FN2O2. The molecule has 0 aliphatic carbocycles. The lowest BCUT2D eigenvalue weighted by molar-refractivity contribution is 0.0994. The molecule has 0 aromatic heterocycles. The molecule has 0 bridgehead atoms. The third-order valence-electron chi connectivity index (χ3n) is 1.67. The minimum atomic E-state index is -1.16. The molecule has 0 saturated heterocycles. The van der Waals surface area contributed by atoms with Gasteiger partial charge < -0.3 is 11.5 Å². The summed E-state index contributed by atoms with van der Waals surface area (Å²) in [5, 5.41) is -0.507. The second kappa shape index (κ2) is 4.04. The Balaban J connectivity index is 3.63. The lowest BCUT2D eigenvalue weighted by Gasteiger charge is -2.07. The van der Waals surface area contributed by atoms with Crippen LogP contribution in [0, 0.1) is 5.82 Å². The van der Waals surface area contributed by atoms with Crippen molar-refractivity contribution in [1.29, 1.82) is 0 Å². The molecule has 7 heteroatoms. The van der Waals surface area contributed by atoms with E-state index in [2.05, 4.69) is 0 Å². The number of primary amides is 2. The van der Waals surface area contributed by atoms with Gasteiger partial charge in [-0.25, -0.2) is 4.39 Å². The maximum Gasteiger partial charge on any atom is 0.253 e. The smallest absolute Gasteiger partial charge is 0.253 e. The highest BCUT2D eigenvalue weighted by atomic mass is 35.5. The van der Waals surface area contributed by atoms with Gasteiger partial charge in [-0.05, 0) is 6.07 Å². The van der Waals surface area contributed by atoms with Gasteiger partial charge in [0.15, 0.2) is 0 Å². The highest BCUT2D eigenvalue weighted by Crippen LogP contribution is 2.30. The largest absolute Gasteiger partial charge is 0.366 e. The molecule has 80 valence electrons. The Morgan fingerprint density at radius 1 is 1.20 bits per heavy atom. The number of hydrogen-bond acceptors (Lipinski definition) is 2. The van der Waals surface area contributed by atoms with Crippen LogP contribution in [0.5, 0.6) is 0 Å². The van der Waals surface area contributed by atoms with Crippen LogP contribution < -0.4 is 11.5 Å². The molecule has 0 aliphatic heterocycles. The van der Waals surface area contributed by atoms with Crippen molar-refractivity contribution >= 4 is 35.0 Å². The SMILES string of the molecule is NC(=O)c1cc(Cl)c(Cl)c(C(N)=O)c1F. The van der Waals surface area contributed by atoms with Crippen LogP contribution >= 0.6 is 23.2 Å². The van der Waals surface area contributed by atoms with Gasteiger partial charge in [0.2, 0.25) is 0 Å². The Hall–Kier alpha value is -1.33. The van der Waals surface area contributed by atoms with Gasteiger partial charge in [-0.15, -0.1) is 0 Å². The number of benzene rings is 1. The highest BCUT2D eigenvalue weighted by molar-refractivity contribution is 6.44. The molecule has 15 heavy (non-hydrogen) atoms. The van der Waals surface area contributed by atoms with Gasteiger partial charge in [-0.1, -0.05) is 23.2 Å². The van der Waals surface area contributed by atoms with E-state index in [0.29, 0.717) is 0 Å². The van der Waals surface area contributed by atoms with E-state index in [1.54, 1.807) is 0 Å². The normalized spacial score (nSPS) is 10.1. The summed E-state index contributed by atoms with van der Waals surface area (Å²) in [6.07, 6.45) is 0. The van der Waals surface area contributed by atoms with Crippen molar-refractivity contribution in [2.75, 3.05) is 0 Å². The third-order valence-corrected chi connectivity index (χ3v) is 2.46. The maximum absolute atomic E-state index is 13.5. The molecule has 0 atom stereocenters. The van der Waals surface area contributed by atoms with E-state index in [1.165, 1.54) is 0 Å². The Morgan fingerprint density at radius 3 is 2.13 bits per heavy atom. The summed E-state index contributed by atoms with van der Waals surface area (Å²) in [4.78, 5) is 21.6. The van der Waals surface area contributed by atoms with Gasteiger partial charge in [0, 0.05) is 0 Å². The fourth-order valence-electron chi connectivity index (χ4n) is 1.000. The molecule has 4 N–H and O–H groups in total. The average Bonchev–Trinajstić information content (AvgIpc) is 2.10. The van der Waals surface area contributed by atoms with Gasteiger partial charge >= 0.3 is 0 Å². The number of carbonyl (C=O) groups is 2. The Bertz CT molecular complexity index is 462. The Labute approximate surface area is 93.9 Å². The van der Waals surface area contributed by atoms with E-state index in [4.69, 9.17) is 34.7 Å². The predicted molar refractivity (Wildman–Crippen MR) is 53.5 cm³/mol. The van der Waals surface area contributed by atoms with Crippen molar-refractivity contribution in [2.24, 2.45) is 11.5 Å². The molecule has 0 heterocycles. The first-order valence-electron chi connectivity index (χ1n) is 3.63. The summed E-state index contributed by atoms with van der Waals surface area (Å²) < 4.78 is 13.5. The molecule has 1 aromatic rings. The average molecular weight is 251 g/mol. The van der Waals surface area contributed by atoms with E-state index < -0.39 is 28.8 Å². The van der Waals surface area contributed by atoms with Crippen molar-refractivity contribution < 1.29 is 14.0 Å². The van der Waals surface area contributed by atoms with Crippen molar-refractivity contribution in [3.05, 3.63) is 33.1 Å². The fraction of sp³-hybridized carbons (Fsp3) is 0.